The van der Waals surface area contributed by atoms with E-state index in [1.54, 1.807) is 24.3 Å². The molecule has 3 rings (SSSR count). The van der Waals surface area contributed by atoms with Crippen molar-refractivity contribution in [1.82, 2.24) is 15.0 Å². The van der Waals surface area contributed by atoms with Crippen LogP contribution >= 0.6 is 11.6 Å². The molecule has 19 heavy (non-hydrogen) atoms. The maximum atomic E-state index is 11.9. The second kappa shape index (κ2) is 4.95. The molecule has 0 N–H and O–H groups in total. The molecule has 0 bridgehead atoms. The van der Waals surface area contributed by atoms with Crippen LogP contribution in [0.15, 0.2) is 36.5 Å². The van der Waals surface area contributed by atoms with Crippen molar-refractivity contribution in [2.24, 2.45) is 0 Å². The number of benzene rings is 1. The first kappa shape index (κ1) is 12.1. The molecular weight excluding hydrogens is 266 g/mol. The molecule has 1 aromatic carbocycles. The van der Waals surface area contributed by atoms with Crippen LogP contribution in [0.4, 0.5) is 0 Å². The minimum atomic E-state index is -0.389. The maximum absolute atomic E-state index is 11.9. The van der Waals surface area contributed by atoms with Gasteiger partial charge in [0.15, 0.2) is 0 Å². The molecular formula is C13H10ClN3O2. The third kappa shape index (κ3) is 2.57. The Bertz CT molecular complexity index is 619. The topological polar surface area (TPSA) is 55.3 Å². The number of aromatic nitrogens is 2. The molecule has 0 saturated carbocycles. The highest BCUT2D eigenvalue weighted by atomic mass is 35.5. The van der Waals surface area contributed by atoms with Crippen molar-refractivity contribution in [2.45, 2.75) is 13.1 Å². The molecule has 5 nitrogen and oxygen atoms in total. The fourth-order valence-electron chi connectivity index (χ4n) is 1.89. The lowest BCUT2D eigenvalue weighted by molar-refractivity contribution is -0.115. The van der Waals surface area contributed by atoms with E-state index in [0.717, 1.165) is 11.4 Å². The Morgan fingerprint density at radius 3 is 2.74 bits per heavy atom. The summed E-state index contributed by atoms with van der Waals surface area (Å²) >= 11 is 5.77. The van der Waals surface area contributed by atoms with E-state index in [9.17, 15) is 4.79 Å². The molecule has 2 heterocycles. The lowest BCUT2D eigenvalue weighted by Crippen LogP contribution is -2.22. The number of hydrogen-bond donors (Lipinski definition) is 0. The van der Waals surface area contributed by atoms with Gasteiger partial charge in [-0.25, -0.2) is 9.78 Å². The van der Waals surface area contributed by atoms with Crippen LogP contribution in [0.2, 0.25) is 5.15 Å². The summed E-state index contributed by atoms with van der Waals surface area (Å²) < 4.78 is 0. The number of hydrogen-bond acceptors (Lipinski definition) is 5. The van der Waals surface area contributed by atoms with Crippen molar-refractivity contribution >= 4 is 17.6 Å². The Labute approximate surface area is 114 Å². The van der Waals surface area contributed by atoms with Gasteiger partial charge in [-0.2, -0.15) is 0 Å². The van der Waals surface area contributed by atoms with Crippen LogP contribution in [0, 0.1) is 0 Å². The SMILES string of the molecule is O=C(ON1Cc2ncc(Cl)nc2C1)c1ccccc1. The fourth-order valence-corrected chi connectivity index (χ4v) is 2.04. The summed E-state index contributed by atoms with van der Waals surface area (Å²) in [6, 6.07) is 8.84. The van der Waals surface area contributed by atoms with E-state index in [1.165, 1.54) is 11.3 Å². The molecule has 0 saturated heterocycles. The molecule has 0 aliphatic carbocycles. The van der Waals surface area contributed by atoms with Gasteiger partial charge in [0.2, 0.25) is 0 Å². The summed E-state index contributed by atoms with van der Waals surface area (Å²) in [4.78, 5) is 25.5. The van der Waals surface area contributed by atoms with Crippen LogP contribution in [-0.4, -0.2) is 21.0 Å². The van der Waals surface area contributed by atoms with Crippen LogP contribution in [0.1, 0.15) is 21.7 Å². The zero-order valence-corrected chi connectivity index (χ0v) is 10.7. The first-order valence-corrected chi connectivity index (χ1v) is 6.13. The molecule has 0 fully saturated rings. The molecule has 0 spiro atoms. The van der Waals surface area contributed by atoms with Crippen LogP contribution in [0.25, 0.3) is 0 Å². The summed E-state index contributed by atoms with van der Waals surface area (Å²) in [5.74, 6) is -0.389. The molecule has 0 unspecified atom stereocenters. The third-order valence-electron chi connectivity index (χ3n) is 2.78. The van der Waals surface area contributed by atoms with E-state index >= 15 is 0 Å². The Morgan fingerprint density at radius 1 is 1.21 bits per heavy atom. The largest absolute Gasteiger partial charge is 0.363 e. The van der Waals surface area contributed by atoms with Crippen LogP contribution in [0.5, 0.6) is 0 Å². The van der Waals surface area contributed by atoms with Crippen LogP contribution in [0.3, 0.4) is 0 Å². The predicted octanol–water partition coefficient (Wildman–Crippen LogP) is 2.22. The highest BCUT2D eigenvalue weighted by Crippen LogP contribution is 2.21. The van der Waals surface area contributed by atoms with Crippen molar-refractivity contribution in [3.63, 3.8) is 0 Å². The maximum Gasteiger partial charge on any atom is 0.357 e. The quantitative estimate of drug-likeness (QED) is 0.841. The molecule has 0 amide bonds. The minimum Gasteiger partial charge on any atom is -0.363 e. The zero-order valence-electron chi connectivity index (χ0n) is 9.91. The van der Waals surface area contributed by atoms with Crippen molar-refractivity contribution in [1.29, 1.82) is 0 Å². The van der Waals surface area contributed by atoms with Gasteiger partial charge >= 0.3 is 5.97 Å². The first-order valence-electron chi connectivity index (χ1n) is 5.75. The third-order valence-corrected chi connectivity index (χ3v) is 2.96. The van der Waals surface area contributed by atoms with Crippen molar-refractivity contribution < 1.29 is 9.63 Å². The molecule has 1 aliphatic heterocycles. The number of fused-ring (bicyclic) bond motifs is 1. The van der Waals surface area contributed by atoms with E-state index in [1.807, 2.05) is 6.07 Å². The summed E-state index contributed by atoms with van der Waals surface area (Å²) in [7, 11) is 0. The van der Waals surface area contributed by atoms with Gasteiger partial charge in [-0.05, 0) is 12.1 Å². The van der Waals surface area contributed by atoms with Crippen molar-refractivity contribution in [3.8, 4) is 0 Å². The van der Waals surface area contributed by atoms with Gasteiger partial charge in [-0.3, -0.25) is 4.98 Å². The summed E-state index contributed by atoms with van der Waals surface area (Å²) in [6.45, 7) is 0.833. The lowest BCUT2D eigenvalue weighted by atomic mass is 10.2. The monoisotopic (exact) mass is 275 g/mol. The Morgan fingerprint density at radius 2 is 1.95 bits per heavy atom. The van der Waals surface area contributed by atoms with Crippen LogP contribution in [-0.2, 0) is 17.9 Å². The van der Waals surface area contributed by atoms with E-state index in [-0.39, 0.29) is 5.97 Å². The fraction of sp³-hybridized carbons (Fsp3) is 0.154. The summed E-state index contributed by atoms with van der Waals surface area (Å²) in [6.07, 6.45) is 1.49. The predicted molar refractivity (Wildman–Crippen MR) is 68.1 cm³/mol. The molecule has 6 heteroatoms. The average molecular weight is 276 g/mol. The standard InChI is InChI=1S/C13H10ClN3O2/c14-12-6-15-10-7-17(8-11(10)16-12)19-13(18)9-4-2-1-3-5-9/h1-6H,7-8H2. The Kier molecular flexibility index (Phi) is 3.15. The normalized spacial score (nSPS) is 14.2. The van der Waals surface area contributed by atoms with Gasteiger partial charge in [-0.15, -0.1) is 5.06 Å². The van der Waals surface area contributed by atoms with Crippen molar-refractivity contribution in [3.05, 3.63) is 58.6 Å². The Hall–Kier alpha value is -1.98. The molecule has 0 atom stereocenters. The zero-order chi connectivity index (χ0) is 13.2. The van der Waals surface area contributed by atoms with Gasteiger partial charge in [0.05, 0.1) is 36.2 Å². The van der Waals surface area contributed by atoms with Gasteiger partial charge in [-0.1, -0.05) is 29.8 Å². The lowest BCUT2D eigenvalue weighted by Gasteiger charge is -2.13. The molecule has 1 aromatic heterocycles. The van der Waals surface area contributed by atoms with Crippen molar-refractivity contribution in [2.75, 3.05) is 0 Å². The minimum absolute atomic E-state index is 0.343. The number of rotatable bonds is 2. The van der Waals surface area contributed by atoms with Gasteiger partial charge < -0.3 is 4.84 Å². The summed E-state index contributed by atoms with van der Waals surface area (Å²) in [5.41, 5.74) is 2.04. The molecule has 0 radical (unpaired) electrons. The number of nitrogens with zero attached hydrogens (tertiary/aromatic N) is 3. The number of halogens is 1. The molecule has 96 valence electrons. The molecule has 1 aliphatic rings. The highest BCUT2D eigenvalue weighted by molar-refractivity contribution is 6.29. The van der Waals surface area contributed by atoms with Gasteiger partial charge in [0.1, 0.15) is 5.15 Å². The van der Waals surface area contributed by atoms with E-state index in [0.29, 0.717) is 23.8 Å². The van der Waals surface area contributed by atoms with E-state index < -0.39 is 0 Å². The summed E-state index contributed by atoms with van der Waals surface area (Å²) in [5, 5.41) is 1.87. The van der Waals surface area contributed by atoms with Gasteiger partial charge in [0, 0.05) is 0 Å². The number of carbonyl (C=O) groups excluding carboxylic acids is 1. The average Bonchev–Trinajstić information content (AvgIpc) is 2.81. The Balaban J connectivity index is 1.69. The van der Waals surface area contributed by atoms with E-state index in [2.05, 4.69) is 9.97 Å². The van der Waals surface area contributed by atoms with E-state index in [4.69, 9.17) is 16.4 Å². The number of hydroxylamine groups is 2. The number of carbonyl (C=O) groups is 1. The second-order valence-corrected chi connectivity index (χ2v) is 4.52. The smallest absolute Gasteiger partial charge is 0.357 e. The van der Waals surface area contributed by atoms with Gasteiger partial charge in [0.25, 0.3) is 0 Å². The molecule has 2 aromatic rings. The van der Waals surface area contributed by atoms with Crippen LogP contribution < -0.4 is 0 Å². The first-order chi connectivity index (χ1) is 9.22. The highest BCUT2D eigenvalue weighted by Gasteiger charge is 2.25. The second-order valence-electron chi connectivity index (χ2n) is 4.13.